The van der Waals surface area contributed by atoms with Crippen LogP contribution in [0.25, 0.3) is 0 Å². The number of nitrogens with zero attached hydrogens (tertiary/aromatic N) is 1. The molecule has 0 fully saturated rings. The van der Waals surface area contributed by atoms with Gasteiger partial charge in [-0.2, -0.15) is 0 Å². The van der Waals surface area contributed by atoms with Crippen molar-refractivity contribution in [2.75, 3.05) is 4.90 Å². The summed E-state index contributed by atoms with van der Waals surface area (Å²) in [6.07, 6.45) is 8.00. The van der Waals surface area contributed by atoms with Crippen molar-refractivity contribution >= 4 is 5.69 Å². The Kier molecular flexibility index (Phi) is 8.55. The van der Waals surface area contributed by atoms with E-state index in [1.807, 2.05) is 38.3 Å². The molecule has 0 bridgehead atoms. The smallest absolute Gasteiger partial charge is 0.0513 e. The first-order valence-electron chi connectivity index (χ1n) is 7.02. The van der Waals surface area contributed by atoms with Crippen LogP contribution in [0, 0.1) is 13.8 Å². The van der Waals surface area contributed by atoms with Gasteiger partial charge in [-0.05, 0) is 44.4 Å². The van der Waals surface area contributed by atoms with Crippen LogP contribution in [0.1, 0.15) is 25.0 Å². The van der Waals surface area contributed by atoms with Crippen LogP contribution in [0.15, 0.2) is 80.2 Å². The molecule has 0 unspecified atom stereocenters. The monoisotopic (exact) mass is 281 g/mol. The van der Waals surface area contributed by atoms with E-state index in [1.165, 1.54) is 16.8 Å². The van der Waals surface area contributed by atoms with Gasteiger partial charge < -0.3 is 4.90 Å². The molecule has 21 heavy (non-hydrogen) atoms. The molecule has 1 nitrogen and oxygen atoms in total. The van der Waals surface area contributed by atoms with Gasteiger partial charge in [-0.25, -0.2) is 0 Å². The standard InChI is InChI=1S/C18H23N.C2H4/c1-7-10-14(3)17(6)19(13-8-2)18-15(4)11-9-12-16(18)5;1-2/h7-13H,3,6H2,1-2,4-5H3;1-2H2/b10-7-,13-8-;. The second-order valence-electron chi connectivity index (χ2n) is 4.56. The Morgan fingerprint density at radius 3 is 1.95 bits per heavy atom. The molecule has 1 heteroatoms. The zero-order chi connectivity index (χ0) is 16.4. The highest BCUT2D eigenvalue weighted by molar-refractivity contribution is 5.67. The van der Waals surface area contributed by atoms with E-state index < -0.39 is 0 Å². The van der Waals surface area contributed by atoms with E-state index in [9.17, 15) is 0 Å². The lowest BCUT2D eigenvalue weighted by Gasteiger charge is -2.27. The topological polar surface area (TPSA) is 3.24 Å². The molecule has 0 spiro atoms. The Hall–Kier alpha value is -2.28. The first-order valence-corrected chi connectivity index (χ1v) is 7.02. The van der Waals surface area contributed by atoms with E-state index in [-0.39, 0.29) is 0 Å². The van der Waals surface area contributed by atoms with Crippen LogP contribution in [0.5, 0.6) is 0 Å². The number of hydrogen-bond donors (Lipinski definition) is 0. The second-order valence-corrected chi connectivity index (χ2v) is 4.56. The molecule has 0 heterocycles. The van der Waals surface area contributed by atoms with Crippen LogP contribution >= 0.6 is 0 Å². The Bertz CT molecular complexity index is 527. The average molecular weight is 281 g/mol. The highest BCUT2D eigenvalue weighted by atomic mass is 15.1. The Balaban J connectivity index is 0.00000191. The zero-order valence-corrected chi connectivity index (χ0v) is 13.8. The third-order valence-corrected chi connectivity index (χ3v) is 3.01. The van der Waals surface area contributed by atoms with Crippen LogP contribution in [-0.4, -0.2) is 0 Å². The van der Waals surface area contributed by atoms with Gasteiger partial charge in [0.25, 0.3) is 0 Å². The summed E-state index contributed by atoms with van der Waals surface area (Å²) in [5, 5.41) is 0. The van der Waals surface area contributed by atoms with Crippen LogP contribution in [0.4, 0.5) is 5.69 Å². The average Bonchev–Trinajstić information content (AvgIpc) is 2.47. The first-order chi connectivity index (χ1) is 10.0. The summed E-state index contributed by atoms with van der Waals surface area (Å²) < 4.78 is 0. The van der Waals surface area contributed by atoms with E-state index in [0.29, 0.717) is 0 Å². The summed E-state index contributed by atoms with van der Waals surface area (Å²) in [6.45, 7) is 22.5. The fourth-order valence-electron chi connectivity index (χ4n) is 2.09. The Morgan fingerprint density at radius 1 is 1.00 bits per heavy atom. The number of aryl methyl sites for hydroxylation is 2. The quantitative estimate of drug-likeness (QED) is 0.466. The van der Waals surface area contributed by atoms with Gasteiger partial charge >= 0.3 is 0 Å². The van der Waals surface area contributed by atoms with Gasteiger partial charge in [0, 0.05) is 11.9 Å². The fraction of sp³-hybridized carbons (Fsp3) is 0.200. The van der Waals surface area contributed by atoms with Gasteiger partial charge in [-0.3, -0.25) is 0 Å². The molecule has 0 amide bonds. The summed E-state index contributed by atoms with van der Waals surface area (Å²) in [6, 6.07) is 6.31. The number of benzene rings is 1. The van der Waals surface area contributed by atoms with E-state index in [0.717, 1.165) is 11.3 Å². The molecule has 0 aliphatic rings. The van der Waals surface area contributed by atoms with Gasteiger partial charge in [0.15, 0.2) is 0 Å². The van der Waals surface area contributed by atoms with Crippen molar-refractivity contribution in [3.8, 4) is 0 Å². The van der Waals surface area contributed by atoms with E-state index >= 15 is 0 Å². The lowest BCUT2D eigenvalue weighted by molar-refractivity contribution is 1.14. The third-order valence-electron chi connectivity index (χ3n) is 3.01. The maximum atomic E-state index is 4.17. The molecule has 0 aliphatic heterocycles. The Morgan fingerprint density at radius 2 is 1.52 bits per heavy atom. The Labute approximate surface area is 130 Å². The van der Waals surface area contributed by atoms with Gasteiger partial charge in [-0.1, -0.05) is 49.6 Å². The van der Waals surface area contributed by atoms with Crippen LogP contribution < -0.4 is 4.90 Å². The molecule has 1 rings (SSSR count). The van der Waals surface area contributed by atoms with Gasteiger partial charge in [-0.15, -0.1) is 13.2 Å². The summed E-state index contributed by atoms with van der Waals surface area (Å²) in [5.41, 5.74) is 5.45. The van der Waals surface area contributed by atoms with Crippen molar-refractivity contribution in [3.63, 3.8) is 0 Å². The minimum absolute atomic E-state index is 0.897. The van der Waals surface area contributed by atoms with Crippen LogP contribution in [0.3, 0.4) is 0 Å². The molecule has 112 valence electrons. The second kappa shape index (κ2) is 9.60. The number of allylic oxidation sites excluding steroid dienone is 3. The normalized spacial score (nSPS) is 10.3. The van der Waals surface area contributed by atoms with E-state index in [2.05, 4.69) is 63.3 Å². The fourth-order valence-corrected chi connectivity index (χ4v) is 2.09. The highest BCUT2D eigenvalue weighted by Crippen LogP contribution is 2.30. The lowest BCUT2D eigenvalue weighted by atomic mass is 10.1. The van der Waals surface area contributed by atoms with Gasteiger partial charge in [0.2, 0.25) is 0 Å². The summed E-state index contributed by atoms with van der Waals surface area (Å²) in [7, 11) is 0. The van der Waals surface area contributed by atoms with Crippen molar-refractivity contribution in [1.82, 2.24) is 0 Å². The number of hydrogen-bond acceptors (Lipinski definition) is 1. The summed E-state index contributed by atoms with van der Waals surface area (Å²) >= 11 is 0. The molecule has 0 radical (unpaired) electrons. The maximum Gasteiger partial charge on any atom is 0.0513 e. The van der Waals surface area contributed by atoms with E-state index in [4.69, 9.17) is 0 Å². The highest BCUT2D eigenvalue weighted by Gasteiger charge is 2.13. The number of anilines is 1. The zero-order valence-electron chi connectivity index (χ0n) is 13.8. The first kappa shape index (κ1) is 18.7. The largest absolute Gasteiger partial charge is 0.317 e. The SMILES string of the molecule is C=C.C=C(/C=C\C)C(=C)N(/C=C\C)c1c(C)cccc1C. The molecule has 0 aromatic heterocycles. The minimum Gasteiger partial charge on any atom is -0.317 e. The predicted molar refractivity (Wildman–Crippen MR) is 97.6 cm³/mol. The van der Waals surface area contributed by atoms with Crippen molar-refractivity contribution in [1.29, 1.82) is 0 Å². The molecule has 0 saturated carbocycles. The third kappa shape index (κ3) is 4.96. The molecule has 1 aromatic carbocycles. The van der Waals surface area contributed by atoms with Crippen LogP contribution in [0.2, 0.25) is 0 Å². The molecule has 0 N–H and O–H groups in total. The van der Waals surface area contributed by atoms with Crippen molar-refractivity contribution in [2.45, 2.75) is 27.7 Å². The van der Waals surface area contributed by atoms with E-state index in [1.54, 1.807) is 0 Å². The minimum atomic E-state index is 0.897. The summed E-state index contributed by atoms with van der Waals surface area (Å²) in [5.74, 6) is 0. The van der Waals surface area contributed by atoms with Crippen LogP contribution in [-0.2, 0) is 0 Å². The molecular weight excluding hydrogens is 254 g/mol. The van der Waals surface area contributed by atoms with Gasteiger partial charge in [0.1, 0.15) is 0 Å². The molecule has 1 aromatic rings. The van der Waals surface area contributed by atoms with Crippen molar-refractivity contribution < 1.29 is 0 Å². The molecular formula is C20H27N. The van der Waals surface area contributed by atoms with Crippen molar-refractivity contribution in [3.05, 3.63) is 91.3 Å². The lowest BCUT2D eigenvalue weighted by Crippen LogP contribution is -2.17. The van der Waals surface area contributed by atoms with Gasteiger partial charge in [0.05, 0.1) is 5.69 Å². The molecule has 0 saturated heterocycles. The maximum absolute atomic E-state index is 4.17. The predicted octanol–water partition coefficient (Wildman–Crippen LogP) is 6.09. The number of rotatable bonds is 5. The molecule has 0 aliphatic carbocycles. The summed E-state index contributed by atoms with van der Waals surface area (Å²) in [4.78, 5) is 2.10. The number of para-hydroxylation sites is 1. The molecule has 0 atom stereocenters. The van der Waals surface area contributed by atoms with Crippen molar-refractivity contribution in [2.24, 2.45) is 0 Å².